The van der Waals surface area contributed by atoms with Crippen LogP contribution in [0, 0.1) is 4.91 Å². The number of thiazole rings is 1. The molecule has 5 nitrogen and oxygen atoms in total. The van der Waals surface area contributed by atoms with Gasteiger partial charge in [0.15, 0.2) is 6.54 Å². The van der Waals surface area contributed by atoms with E-state index >= 15 is 0 Å². The third-order valence-corrected chi connectivity index (χ3v) is 1.45. The lowest BCUT2D eigenvalue weighted by Crippen LogP contribution is -2.10. The van der Waals surface area contributed by atoms with Crippen LogP contribution in [0.2, 0.25) is 0 Å². The second-order valence-electron chi connectivity index (χ2n) is 1.56. The maximum Gasteiger partial charge on any atom is 0.338 e. The Morgan fingerprint density at radius 1 is 1.82 bits per heavy atom. The molecule has 58 valence electrons. The molecule has 0 saturated heterocycles. The van der Waals surface area contributed by atoms with Crippen LogP contribution in [0.1, 0.15) is 0 Å². The number of hydrogen-bond donors (Lipinski definition) is 0. The lowest BCUT2D eigenvalue weighted by atomic mass is 10.7. The van der Waals surface area contributed by atoms with Gasteiger partial charge in [0.25, 0.3) is 5.19 Å². The van der Waals surface area contributed by atoms with E-state index in [1.165, 1.54) is 17.5 Å². The van der Waals surface area contributed by atoms with Gasteiger partial charge in [-0.1, -0.05) is 16.5 Å². The van der Waals surface area contributed by atoms with E-state index in [1.807, 2.05) is 0 Å². The van der Waals surface area contributed by atoms with Crippen LogP contribution in [0.15, 0.2) is 16.8 Å². The fourth-order valence-electron chi connectivity index (χ4n) is 0.443. The van der Waals surface area contributed by atoms with Crippen LogP contribution in [-0.4, -0.2) is 17.5 Å². The van der Waals surface area contributed by atoms with Gasteiger partial charge < -0.3 is 4.74 Å². The summed E-state index contributed by atoms with van der Waals surface area (Å²) < 4.78 is 4.57. The van der Waals surface area contributed by atoms with Gasteiger partial charge in [-0.05, 0) is 0 Å². The summed E-state index contributed by atoms with van der Waals surface area (Å²) in [6.45, 7) is -0.473. The third-order valence-electron chi connectivity index (χ3n) is 0.804. The first-order chi connectivity index (χ1) is 5.33. The molecule has 0 radical (unpaired) electrons. The number of hydrogen-bond acceptors (Lipinski definition) is 6. The number of ether oxygens (including phenoxy) is 1. The Morgan fingerprint density at radius 2 is 2.64 bits per heavy atom. The molecule has 1 rings (SSSR count). The molecule has 0 unspecified atom stereocenters. The maximum atomic E-state index is 10.6. The molecule has 0 saturated carbocycles. The van der Waals surface area contributed by atoms with E-state index in [1.54, 1.807) is 5.38 Å². The maximum absolute atomic E-state index is 10.6. The molecular formula is C5H4N2O3S. The Bertz CT molecular complexity index is 246. The quantitative estimate of drug-likeness (QED) is 0.499. The van der Waals surface area contributed by atoms with Gasteiger partial charge in [-0.2, -0.15) is 4.91 Å². The number of nitroso groups, excluding NO2 is 1. The SMILES string of the molecule is O=NCC(=O)Oc1nccs1. The van der Waals surface area contributed by atoms with Crippen molar-refractivity contribution < 1.29 is 9.53 Å². The Kier molecular flexibility index (Phi) is 2.67. The monoisotopic (exact) mass is 172 g/mol. The van der Waals surface area contributed by atoms with Gasteiger partial charge in [-0.3, -0.25) is 0 Å². The van der Waals surface area contributed by atoms with Crippen molar-refractivity contribution in [2.24, 2.45) is 5.18 Å². The molecule has 0 aromatic carbocycles. The van der Waals surface area contributed by atoms with Crippen LogP contribution in [0.5, 0.6) is 5.19 Å². The molecular weight excluding hydrogens is 168 g/mol. The van der Waals surface area contributed by atoms with Crippen molar-refractivity contribution in [1.29, 1.82) is 0 Å². The van der Waals surface area contributed by atoms with E-state index in [0.29, 0.717) is 0 Å². The van der Waals surface area contributed by atoms with Gasteiger partial charge in [0.1, 0.15) is 0 Å². The molecule has 0 aliphatic carbocycles. The zero-order chi connectivity index (χ0) is 8.10. The molecule has 0 fully saturated rings. The van der Waals surface area contributed by atoms with Crippen LogP contribution in [-0.2, 0) is 4.79 Å². The highest BCUT2D eigenvalue weighted by atomic mass is 32.1. The highest BCUT2D eigenvalue weighted by Gasteiger charge is 2.05. The van der Waals surface area contributed by atoms with E-state index in [4.69, 9.17) is 0 Å². The summed E-state index contributed by atoms with van der Waals surface area (Å²) in [5.74, 6) is -0.685. The molecule has 1 aromatic heterocycles. The average Bonchev–Trinajstić information content (AvgIpc) is 2.40. The lowest BCUT2D eigenvalue weighted by Gasteiger charge is -1.92. The van der Waals surface area contributed by atoms with Crippen LogP contribution in [0.4, 0.5) is 0 Å². The van der Waals surface area contributed by atoms with Crippen LogP contribution in [0.25, 0.3) is 0 Å². The molecule has 0 aliphatic rings. The van der Waals surface area contributed by atoms with Gasteiger partial charge in [0, 0.05) is 11.6 Å². The van der Waals surface area contributed by atoms with Gasteiger partial charge in [-0.15, -0.1) is 0 Å². The zero-order valence-electron chi connectivity index (χ0n) is 5.39. The van der Waals surface area contributed by atoms with Gasteiger partial charge in [0.05, 0.1) is 0 Å². The zero-order valence-corrected chi connectivity index (χ0v) is 6.21. The molecule has 1 heterocycles. The van der Waals surface area contributed by atoms with Crippen LogP contribution < -0.4 is 4.74 Å². The fraction of sp³-hybridized carbons (Fsp3) is 0.200. The summed E-state index contributed by atoms with van der Waals surface area (Å²) >= 11 is 1.18. The summed E-state index contributed by atoms with van der Waals surface area (Å²) in [4.78, 5) is 23.8. The molecule has 0 atom stereocenters. The van der Waals surface area contributed by atoms with Crippen molar-refractivity contribution in [2.45, 2.75) is 0 Å². The Hall–Kier alpha value is -1.30. The minimum atomic E-state index is -0.685. The number of carbonyl (C=O) groups is 1. The number of esters is 1. The smallest absolute Gasteiger partial charge is 0.338 e. The highest BCUT2D eigenvalue weighted by Crippen LogP contribution is 2.13. The fourth-order valence-corrected chi connectivity index (χ4v) is 0.944. The first-order valence-corrected chi connectivity index (χ1v) is 3.60. The van der Waals surface area contributed by atoms with Crippen LogP contribution in [0.3, 0.4) is 0 Å². The van der Waals surface area contributed by atoms with Crippen molar-refractivity contribution in [3.63, 3.8) is 0 Å². The third kappa shape index (κ3) is 2.42. The predicted octanol–water partition coefficient (Wildman–Crippen LogP) is 0.815. The van der Waals surface area contributed by atoms with Crippen molar-refractivity contribution in [1.82, 2.24) is 4.98 Å². The van der Waals surface area contributed by atoms with Crippen molar-refractivity contribution in [3.05, 3.63) is 16.5 Å². The molecule has 11 heavy (non-hydrogen) atoms. The minimum absolute atomic E-state index is 0.235. The second kappa shape index (κ2) is 3.77. The van der Waals surface area contributed by atoms with Crippen molar-refractivity contribution in [2.75, 3.05) is 6.54 Å². The second-order valence-corrected chi connectivity index (χ2v) is 2.42. The van der Waals surface area contributed by atoms with Crippen LogP contribution >= 0.6 is 11.3 Å². The lowest BCUT2D eigenvalue weighted by molar-refractivity contribution is -0.132. The molecule has 6 heteroatoms. The number of rotatable bonds is 3. The molecule has 0 N–H and O–H groups in total. The Labute approximate surface area is 66.0 Å². The normalized spacial score (nSPS) is 9.09. The number of aromatic nitrogens is 1. The summed E-state index contributed by atoms with van der Waals surface area (Å²) in [6.07, 6.45) is 1.50. The van der Waals surface area contributed by atoms with E-state index in [0.717, 1.165) is 0 Å². The molecule has 0 bridgehead atoms. The van der Waals surface area contributed by atoms with E-state index in [2.05, 4.69) is 14.9 Å². The van der Waals surface area contributed by atoms with Crippen molar-refractivity contribution in [3.8, 4) is 5.19 Å². The van der Waals surface area contributed by atoms with E-state index in [9.17, 15) is 9.70 Å². The first kappa shape index (κ1) is 7.80. The number of carbonyl (C=O) groups excluding carboxylic acids is 1. The highest BCUT2D eigenvalue weighted by molar-refractivity contribution is 7.11. The average molecular weight is 172 g/mol. The van der Waals surface area contributed by atoms with E-state index in [-0.39, 0.29) is 5.19 Å². The van der Waals surface area contributed by atoms with E-state index < -0.39 is 12.5 Å². The Morgan fingerprint density at radius 3 is 3.18 bits per heavy atom. The molecule has 0 amide bonds. The summed E-state index contributed by atoms with van der Waals surface area (Å²) in [5.41, 5.74) is 0. The standard InChI is InChI=1S/C5H4N2O3S/c8-4(3-7-9)10-5-6-1-2-11-5/h1-2H,3H2. The van der Waals surface area contributed by atoms with Gasteiger partial charge >= 0.3 is 5.97 Å². The van der Waals surface area contributed by atoms with Gasteiger partial charge in [-0.25, -0.2) is 9.78 Å². The topological polar surface area (TPSA) is 68.6 Å². The van der Waals surface area contributed by atoms with Gasteiger partial charge in [0.2, 0.25) is 0 Å². The molecule has 1 aromatic rings. The first-order valence-electron chi connectivity index (χ1n) is 2.72. The van der Waals surface area contributed by atoms with Crippen molar-refractivity contribution >= 4 is 17.3 Å². The molecule has 0 spiro atoms. The Balaban J connectivity index is 2.43. The molecule has 0 aliphatic heterocycles. The number of nitrogens with zero attached hydrogens (tertiary/aromatic N) is 2. The minimum Gasteiger partial charge on any atom is -0.396 e. The summed E-state index contributed by atoms with van der Waals surface area (Å²) in [6, 6.07) is 0. The summed E-state index contributed by atoms with van der Waals surface area (Å²) in [5, 5.41) is 4.27. The largest absolute Gasteiger partial charge is 0.396 e. The predicted molar refractivity (Wildman–Crippen MR) is 38.4 cm³/mol. The summed E-state index contributed by atoms with van der Waals surface area (Å²) in [7, 11) is 0.